The van der Waals surface area contributed by atoms with Gasteiger partial charge < -0.3 is 10.1 Å². The van der Waals surface area contributed by atoms with E-state index in [0.717, 1.165) is 16.9 Å². The van der Waals surface area contributed by atoms with E-state index in [2.05, 4.69) is 21.6 Å². The normalized spacial score (nSPS) is 10.4. The lowest BCUT2D eigenvalue weighted by molar-refractivity contribution is 0.0946. The van der Waals surface area contributed by atoms with Crippen molar-refractivity contribution in [2.75, 3.05) is 7.11 Å². The van der Waals surface area contributed by atoms with Crippen molar-refractivity contribution >= 4 is 5.91 Å². The van der Waals surface area contributed by atoms with Crippen LogP contribution in [0.3, 0.4) is 0 Å². The molecular weight excluding hydrogens is 302 g/mol. The molecule has 0 fully saturated rings. The van der Waals surface area contributed by atoms with E-state index in [1.54, 1.807) is 13.2 Å². The van der Waals surface area contributed by atoms with Gasteiger partial charge in [0.15, 0.2) is 0 Å². The molecule has 0 aliphatic rings. The van der Waals surface area contributed by atoms with Gasteiger partial charge >= 0.3 is 0 Å². The minimum absolute atomic E-state index is 0.182. The van der Waals surface area contributed by atoms with Crippen molar-refractivity contribution in [2.24, 2.45) is 0 Å². The van der Waals surface area contributed by atoms with Gasteiger partial charge in [0, 0.05) is 12.1 Å². The Morgan fingerprint density at radius 1 is 1.17 bits per heavy atom. The average Bonchev–Trinajstić information content (AvgIpc) is 3.10. The second kappa shape index (κ2) is 7.00. The predicted octanol–water partition coefficient (Wildman–Crippen LogP) is 3.32. The zero-order chi connectivity index (χ0) is 16.9. The summed E-state index contributed by atoms with van der Waals surface area (Å²) in [6.45, 7) is 2.51. The number of carbonyl (C=O) groups is 1. The fourth-order valence-electron chi connectivity index (χ4n) is 2.47. The zero-order valence-corrected chi connectivity index (χ0v) is 13.7. The molecule has 1 heterocycles. The van der Waals surface area contributed by atoms with E-state index < -0.39 is 0 Å². The van der Waals surface area contributed by atoms with Crippen LogP contribution in [-0.4, -0.2) is 23.2 Å². The molecule has 0 spiro atoms. The van der Waals surface area contributed by atoms with Crippen molar-refractivity contribution in [3.05, 3.63) is 71.4 Å². The van der Waals surface area contributed by atoms with Crippen LogP contribution in [0.15, 0.2) is 54.6 Å². The highest BCUT2D eigenvalue weighted by atomic mass is 16.5. The van der Waals surface area contributed by atoms with Crippen LogP contribution in [0.2, 0.25) is 0 Å². The summed E-state index contributed by atoms with van der Waals surface area (Å²) < 4.78 is 5.21. The lowest BCUT2D eigenvalue weighted by atomic mass is 10.1. The molecule has 0 aliphatic heterocycles. The van der Waals surface area contributed by atoms with Gasteiger partial charge in [-0.25, -0.2) is 0 Å². The lowest BCUT2D eigenvalue weighted by Crippen LogP contribution is -2.23. The Hall–Kier alpha value is -3.08. The number of benzene rings is 2. The van der Waals surface area contributed by atoms with Crippen LogP contribution in [0.4, 0.5) is 0 Å². The molecule has 0 aliphatic carbocycles. The number of rotatable bonds is 5. The van der Waals surface area contributed by atoms with Gasteiger partial charge in [-0.15, -0.1) is 0 Å². The van der Waals surface area contributed by atoms with E-state index in [0.29, 0.717) is 17.9 Å². The third-order valence-corrected chi connectivity index (χ3v) is 3.72. The molecule has 0 saturated heterocycles. The summed E-state index contributed by atoms with van der Waals surface area (Å²) >= 11 is 0. The number of nitrogens with one attached hydrogen (secondary N) is 2. The third-order valence-electron chi connectivity index (χ3n) is 3.72. The molecule has 3 rings (SSSR count). The van der Waals surface area contributed by atoms with Crippen molar-refractivity contribution in [3.8, 4) is 17.0 Å². The first-order chi connectivity index (χ1) is 11.7. The molecule has 2 N–H and O–H groups in total. The Kier molecular flexibility index (Phi) is 4.61. The molecule has 24 heavy (non-hydrogen) atoms. The number of hydrogen-bond acceptors (Lipinski definition) is 3. The predicted molar refractivity (Wildman–Crippen MR) is 92.9 cm³/mol. The molecule has 0 radical (unpaired) electrons. The maximum Gasteiger partial charge on any atom is 0.269 e. The van der Waals surface area contributed by atoms with E-state index in [4.69, 9.17) is 4.74 Å². The highest BCUT2D eigenvalue weighted by Gasteiger charge is 2.11. The number of carbonyl (C=O) groups excluding carboxylic acids is 1. The number of H-pyrrole nitrogens is 1. The summed E-state index contributed by atoms with van der Waals surface area (Å²) in [5.74, 6) is 0.569. The number of aromatic amines is 1. The monoisotopic (exact) mass is 321 g/mol. The first-order valence-corrected chi connectivity index (χ1v) is 7.69. The highest BCUT2D eigenvalue weighted by molar-refractivity contribution is 5.93. The summed E-state index contributed by atoms with van der Waals surface area (Å²) in [6, 6.07) is 17.3. The Balaban J connectivity index is 1.69. The molecule has 1 aromatic heterocycles. The number of methoxy groups -OCH3 is 1. The number of ether oxygens (including phenoxy) is 1. The number of amides is 1. The molecule has 0 saturated carbocycles. The van der Waals surface area contributed by atoms with Gasteiger partial charge in [0.05, 0.1) is 12.8 Å². The summed E-state index contributed by atoms with van der Waals surface area (Å²) in [5.41, 5.74) is 4.26. The highest BCUT2D eigenvalue weighted by Crippen LogP contribution is 2.22. The lowest BCUT2D eigenvalue weighted by Gasteiger charge is -2.04. The number of aryl methyl sites for hydroxylation is 1. The first kappa shape index (κ1) is 15.8. The van der Waals surface area contributed by atoms with Crippen molar-refractivity contribution in [1.29, 1.82) is 0 Å². The Bertz CT molecular complexity index is 855. The minimum atomic E-state index is -0.182. The number of nitrogens with zero attached hydrogens (tertiary/aromatic N) is 1. The van der Waals surface area contributed by atoms with Crippen LogP contribution in [0.1, 0.15) is 21.6 Å². The Morgan fingerprint density at radius 3 is 2.79 bits per heavy atom. The molecule has 3 aromatic rings. The van der Waals surface area contributed by atoms with E-state index in [1.165, 1.54) is 5.56 Å². The molecule has 0 unspecified atom stereocenters. The van der Waals surface area contributed by atoms with Crippen molar-refractivity contribution in [1.82, 2.24) is 15.5 Å². The summed E-state index contributed by atoms with van der Waals surface area (Å²) in [6.07, 6.45) is 0. The van der Waals surface area contributed by atoms with Crippen LogP contribution in [0.5, 0.6) is 5.75 Å². The Morgan fingerprint density at radius 2 is 2.00 bits per heavy atom. The van der Waals surface area contributed by atoms with Gasteiger partial charge in [0.2, 0.25) is 0 Å². The number of hydrogen-bond donors (Lipinski definition) is 2. The molecular formula is C19H19N3O2. The quantitative estimate of drug-likeness (QED) is 0.757. The zero-order valence-electron chi connectivity index (χ0n) is 13.7. The van der Waals surface area contributed by atoms with Gasteiger partial charge in [0.1, 0.15) is 11.4 Å². The topological polar surface area (TPSA) is 67.0 Å². The van der Waals surface area contributed by atoms with E-state index in [1.807, 2.05) is 49.4 Å². The second-order valence-corrected chi connectivity index (χ2v) is 5.57. The van der Waals surface area contributed by atoms with Gasteiger partial charge in [-0.1, -0.05) is 42.0 Å². The smallest absolute Gasteiger partial charge is 0.269 e. The summed E-state index contributed by atoms with van der Waals surface area (Å²) in [5, 5.41) is 9.89. The largest absolute Gasteiger partial charge is 0.497 e. The van der Waals surface area contributed by atoms with Crippen LogP contribution in [0, 0.1) is 6.92 Å². The molecule has 122 valence electrons. The molecule has 0 bridgehead atoms. The van der Waals surface area contributed by atoms with Crippen molar-refractivity contribution < 1.29 is 9.53 Å². The SMILES string of the molecule is COc1cccc(-c2cc(C(=O)NCc3cccc(C)c3)[nH]n2)c1. The fourth-order valence-corrected chi connectivity index (χ4v) is 2.47. The average molecular weight is 321 g/mol. The number of aromatic nitrogens is 2. The van der Waals surface area contributed by atoms with E-state index in [9.17, 15) is 4.79 Å². The standard InChI is InChI=1S/C19H19N3O2/c1-13-5-3-6-14(9-13)12-20-19(23)18-11-17(21-22-18)15-7-4-8-16(10-15)24-2/h3-11H,12H2,1-2H3,(H,20,23)(H,21,22). The maximum absolute atomic E-state index is 12.3. The third kappa shape index (κ3) is 3.63. The van der Waals surface area contributed by atoms with Crippen molar-refractivity contribution in [2.45, 2.75) is 13.5 Å². The maximum atomic E-state index is 12.3. The molecule has 0 atom stereocenters. The molecule has 1 amide bonds. The Labute approximate surface area is 140 Å². The van der Waals surface area contributed by atoms with Gasteiger partial charge in [-0.2, -0.15) is 5.10 Å². The first-order valence-electron chi connectivity index (χ1n) is 7.69. The van der Waals surface area contributed by atoms with Gasteiger partial charge in [-0.3, -0.25) is 9.89 Å². The van der Waals surface area contributed by atoms with Crippen LogP contribution < -0.4 is 10.1 Å². The van der Waals surface area contributed by atoms with Crippen molar-refractivity contribution in [3.63, 3.8) is 0 Å². The molecule has 2 aromatic carbocycles. The van der Waals surface area contributed by atoms with Crippen LogP contribution in [-0.2, 0) is 6.54 Å². The molecule has 5 nitrogen and oxygen atoms in total. The molecule has 5 heteroatoms. The van der Waals surface area contributed by atoms with Gasteiger partial charge in [-0.05, 0) is 30.7 Å². The minimum Gasteiger partial charge on any atom is -0.497 e. The van der Waals surface area contributed by atoms with E-state index >= 15 is 0 Å². The van der Waals surface area contributed by atoms with Gasteiger partial charge in [0.25, 0.3) is 5.91 Å². The van der Waals surface area contributed by atoms with Crippen LogP contribution in [0.25, 0.3) is 11.3 Å². The fraction of sp³-hybridized carbons (Fsp3) is 0.158. The van der Waals surface area contributed by atoms with E-state index in [-0.39, 0.29) is 5.91 Å². The summed E-state index contributed by atoms with van der Waals surface area (Å²) in [7, 11) is 1.62. The summed E-state index contributed by atoms with van der Waals surface area (Å²) in [4.78, 5) is 12.3. The second-order valence-electron chi connectivity index (χ2n) is 5.57. The van der Waals surface area contributed by atoms with Crippen LogP contribution >= 0.6 is 0 Å².